The molecule has 0 radical (unpaired) electrons. The van der Waals surface area contributed by atoms with Crippen molar-refractivity contribution < 1.29 is 66.5 Å². The Hall–Kier alpha value is -8.84. The van der Waals surface area contributed by atoms with E-state index >= 15 is 4.39 Å². The zero-order chi connectivity index (χ0) is 66.6. The van der Waals surface area contributed by atoms with Crippen molar-refractivity contribution in [1.82, 2.24) is 29.8 Å². The lowest BCUT2D eigenvalue weighted by Crippen LogP contribution is -2.64. The number of carbonyl (C=O) groups excluding carboxylic acids is 7. The van der Waals surface area contributed by atoms with Crippen molar-refractivity contribution in [1.29, 1.82) is 0 Å². The predicted octanol–water partition coefficient (Wildman–Crippen LogP) is 8.01. The molecule has 10 rings (SSSR count). The molecule has 3 fully saturated rings. The van der Waals surface area contributed by atoms with Crippen molar-refractivity contribution in [2.75, 3.05) is 93.6 Å². The van der Waals surface area contributed by atoms with Gasteiger partial charge in [0.15, 0.2) is 0 Å². The van der Waals surface area contributed by atoms with Gasteiger partial charge in [-0.3, -0.25) is 43.5 Å². The molecule has 93 heavy (non-hydrogen) atoms. The largest absolute Gasteiger partial charge is 0.465 e. The lowest BCUT2D eigenvalue weighted by Gasteiger charge is -2.47. The highest BCUT2D eigenvalue weighted by Gasteiger charge is 2.49. The smallest absolute Gasteiger partial charge is 0.410 e. The third-order valence-corrected chi connectivity index (χ3v) is 18.4. The molecule has 494 valence electrons. The summed E-state index contributed by atoms with van der Waals surface area (Å²) < 4.78 is 46.5. The first kappa shape index (κ1) is 67.1. The molecule has 0 aromatic heterocycles. The van der Waals surface area contributed by atoms with E-state index in [1.165, 1.54) is 48.0 Å². The summed E-state index contributed by atoms with van der Waals surface area (Å²) in [6, 6.07) is 24.5. The Labute approximate surface area is 539 Å². The fourth-order valence-corrected chi connectivity index (χ4v) is 12.9. The van der Waals surface area contributed by atoms with E-state index in [-0.39, 0.29) is 61.2 Å². The minimum absolute atomic E-state index is 0.00770. The minimum atomic E-state index is -1.28. The van der Waals surface area contributed by atoms with Gasteiger partial charge in [-0.25, -0.2) is 18.4 Å². The van der Waals surface area contributed by atoms with Crippen molar-refractivity contribution in [3.63, 3.8) is 0 Å². The fourth-order valence-electron chi connectivity index (χ4n) is 12.9. The van der Waals surface area contributed by atoms with Gasteiger partial charge >= 0.3 is 12.2 Å². The number of ether oxygens (including phenoxy) is 3. The van der Waals surface area contributed by atoms with E-state index in [1.807, 2.05) is 30.0 Å². The maximum absolute atomic E-state index is 15.8. The molecule has 22 nitrogen and oxygen atoms in total. The molecule has 0 spiro atoms. The van der Waals surface area contributed by atoms with E-state index < -0.39 is 88.6 Å². The number of piperazine rings is 1. The summed E-state index contributed by atoms with van der Waals surface area (Å²) in [7, 11) is 1.43. The van der Waals surface area contributed by atoms with Gasteiger partial charge in [-0.2, -0.15) is 0 Å². The van der Waals surface area contributed by atoms with Crippen molar-refractivity contribution in [3.05, 3.63) is 154 Å². The summed E-state index contributed by atoms with van der Waals surface area (Å²) in [5, 5.41) is 21.5. The summed E-state index contributed by atoms with van der Waals surface area (Å²) >= 11 is 0. The Morgan fingerprint density at radius 3 is 2.16 bits per heavy atom. The topological polar surface area (TPSA) is 252 Å². The first-order chi connectivity index (χ1) is 44.2. The second-order valence-corrected chi connectivity index (χ2v) is 26.2. The molecular formula is C69H82F2N10O12. The number of nitrogens with zero attached hydrogens (tertiary/aromatic N) is 6. The Kier molecular flexibility index (Phi) is 20.3. The average molecular weight is 1280 g/mol. The van der Waals surface area contributed by atoms with Gasteiger partial charge in [0, 0.05) is 100 Å². The Balaban J connectivity index is 0.824. The van der Waals surface area contributed by atoms with Gasteiger partial charge in [0.2, 0.25) is 23.6 Å². The van der Waals surface area contributed by atoms with Crippen LogP contribution in [0.15, 0.2) is 109 Å². The lowest BCUT2D eigenvalue weighted by molar-refractivity contribution is -0.144. The quantitative estimate of drug-likeness (QED) is 0.0592. The number of carboxylic acid groups (broad SMARTS) is 1. The maximum atomic E-state index is 15.8. The Morgan fingerprint density at radius 1 is 0.785 bits per heavy atom. The molecule has 24 heteroatoms. The molecule has 8 amide bonds. The number of hydrogen-bond acceptors (Lipinski definition) is 13. The molecule has 0 bridgehead atoms. The fraction of sp³-hybridized carbons (Fsp3) is 0.449. The van der Waals surface area contributed by atoms with Crippen LogP contribution in [0.5, 0.6) is 0 Å². The molecule has 3 saturated heterocycles. The lowest BCUT2D eigenvalue weighted by atomic mass is 9.83. The van der Waals surface area contributed by atoms with Crippen LogP contribution in [-0.2, 0) is 56.6 Å². The van der Waals surface area contributed by atoms with Gasteiger partial charge in [-0.15, -0.1) is 0 Å². The van der Waals surface area contributed by atoms with Crippen LogP contribution in [0.25, 0.3) is 0 Å². The molecule has 0 aliphatic carbocycles. The maximum Gasteiger partial charge on any atom is 0.410 e. The van der Waals surface area contributed by atoms with Crippen LogP contribution in [0.4, 0.5) is 41.1 Å². The highest BCUT2D eigenvalue weighted by Crippen LogP contribution is 2.43. The van der Waals surface area contributed by atoms with E-state index in [0.29, 0.717) is 99.1 Å². The Morgan fingerprint density at radius 2 is 1.47 bits per heavy atom. The van der Waals surface area contributed by atoms with Gasteiger partial charge in [0.1, 0.15) is 35.4 Å². The normalized spacial score (nSPS) is 21.6. The van der Waals surface area contributed by atoms with E-state index in [0.717, 1.165) is 22.1 Å². The van der Waals surface area contributed by atoms with Gasteiger partial charge in [0.25, 0.3) is 11.8 Å². The monoisotopic (exact) mass is 1280 g/mol. The number of hydrogen-bond donors (Lipinski definition) is 5. The molecule has 5 aliphatic heterocycles. The van der Waals surface area contributed by atoms with Crippen molar-refractivity contribution >= 4 is 70.4 Å². The van der Waals surface area contributed by atoms with Crippen molar-refractivity contribution in [2.24, 2.45) is 5.92 Å². The third kappa shape index (κ3) is 15.3. The van der Waals surface area contributed by atoms with Crippen LogP contribution in [0, 0.1) is 17.6 Å². The van der Waals surface area contributed by atoms with E-state index in [9.17, 15) is 47.9 Å². The van der Waals surface area contributed by atoms with E-state index in [4.69, 9.17) is 14.2 Å². The summed E-state index contributed by atoms with van der Waals surface area (Å²) in [4.78, 5) is 122. The number of morpholine rings is 1. The molecule has 5 N–H and O–H groups in total. The molecule has 5 aliphatic rings. The first-order valence-electron chi connectivity index (χ1n) is 31.5. The van der Waals surface area contributed by atoms with Crippen LogP contribution in [-0.4, -0.2) is 186 Å². The van der Waals surface area contributed by atoms with Gasteiger partial charge in [-0.1, -0.05) is 48.5 Å². The van der Waals surface area contributed by atoms with Gasteiger partial charge in [0.05, 0.1) is 30.9 Å². The predicted molar refractivity (Wildman–Crippen MR) is 343 cm³/mol. The number of amides is 8. The van der Waals surface area contributed by atoms with Gasteiger partial charge < -0.3 is 55.3 Å². The summed E-state index contributed by atoms with van der Waals surface area (Å²) in [5.41, 5.74) is 2.20. The molecule has 5 heterocycles. The minimum Gasteiger partial charge on any atom is -0.465 e. The highest BCUT2D eigenvalue weighted by atomic mass is 19.1. The van der Waals surface area contributed by atoms with Crippen LogP contribution in [0.3, 0.4) is 0 Å². The number of carbonyl (C=O) groups is 8. The van der Waals surface area contributed by atoms with Crippen molar-refractivity contribution in [2.45, 2.75) is 122 Å². The highest BCUT2D eigenvalue weighted by molar-refractivity contribution is 6.08. The average Bonchev–Trinajstić information content (AvgIpc) is 1.61. The van der Waals surface area contributed by atoms with Crippen LogP contribution in [0.2, 0.25) is 0 Å². The summed E-state index contributed by atoms with van der Waals surface area (Å²) in [6.07, 6.45) is -0.489. The number of halogens is 2. The number of nitrogens with one attached hydrogen (secondary N) is 4. The van der Waals surface area contributed by atoms with E-state index in [1.54, 1.807) is 93.3 Å². The molecule has 3 unspecified atom stereocenters. The number of anilines is 4. The molecule has 0 saturated carbocycles. The second-order valence-electron chi connectivity index (χ2n) is 26.2. The third-order valence-electron chi connectivity index (χ3n) is 18.4. The number of likely N-dealkylation sites (N-methyl/N-ethyl adjacent to an activating group) is 1. The number of fused-ring (bicyclic) bond motifs is 2. The Bertz CT molecular complexity index is 3640. The van der Waals surface area contributed by atoms with Crippen molar-refractivity contribution in [3.8, 4) is 0 Å². The summed E-state index contributed by atoms with van der Waals surface area (Å²) in [6.45, 7) is 15.7. The van der Waals surface area contributed by atoms with E-state index in [2.05, 4.69) is 33.1 Å². The number of rotatable bonds is 17. The molecule has 5 aromatic carbocycles. The first-order valence-corrected chi connectivity index (χ1v) is 31.5. The van der Waals surface area contributed by atoms with Gasteiger partial charge in [-0.05, 0) is 162 Å². The zero-order valence-electron chi connectivity index (χ0n) is 53.7. The van der Waals surface area contributed by atoms with Crippen LogP contribution in [0.1, 0.15) is 106 Å². The summed E-state index contributed by atoms with van der Waals surface area (Å²) in [5.74, 6) is -4.92. The second kappa shape index (κ2) is 28.2. The standard InChI is InChI=1S/C69H82F2N10O12/c1-41-34-78(52(37-79(41)66(88)89)36-77-27-30-92-39-42(77)2)38-58(82)81-40-69(7,54-23-15-45(32-57(54)81)31-44-13-17-49(70)18-14-44)65(87)73-51-21-19-50(20-22-51)72-62(84)47-16-24-55(71)56(33-47)74-63(85)60-53-12-10-9-11-48(53)35-80(60)64(86)59(46-25-28-91-29-26-46)75-61(83)43(3)76(8)67(90)93-68(4,5)6/h9-24,32-33,41-43,46,52,59-60H,25-31,34-40H2,1-8H3,(H,72,84)(H,73,87)(H,74,85)(H,75,83)(H,88,89)/t41-,42-,43?,52+,59?,60+,69?/m1/s1. The SMILES string of the molecule is CC(C(=O)NC(C(=O)N1Cc2ccccc2[C@H]1C(=O)Nc1cc(C(=O)Nc2ccc(NC(=O)C3(C)CN(C(=O)CN4C[C@@H](C)N(C(=O)O)C[C@@H]4CN4CCOC[C@H]4C)c4cc(Cc5ccc(F)cc5)ccc43)cc2)ccc1F)C1CCOCC1)N(C)C(=O)OC(C)(C)C. The number of benzene rings is 5. The molecule has 7 atom stereocenters. The van der Waals surface area contributed by atoms with Crippen LogP contribution >= 0.6 is 0 Å². The molecule has 5 aromatic rings. The molecular weight excluding hydrogens is 1200 g/mol. The van der Waals surface area contributed by atoms with Crippen LogP contribution < -0.4 is 26.2 Å². The zero-order valence-corrected chi connectivity index (χ0v) is 53.7.